The van der Waals surface area contributed by atoms with Gasteiger partial charge in [-0.15, -0.1) is 0 Å². The van der Waals surface area contributed by atoms with Crippen LogP contribution in [0.15, 0.2) is 53.3 Å². The number of nitrogens with zero attached hydrogens (tertiary/aromatic N) is 2. The summed E-state index contributed by atoms with van der Waals surface area (Å²) in [5.74, 6) is 0.393. The summed E-state index contributed by atoms with van der Waals surface area (Å²) in [4.78, 5) is 34.7. The monoisotopic (exact) mass is 422 g/mol. The van der Waals surface area contributed by atoms with Crippen molar-refractivity contribution in [2.24, 2.45) is 5.92 Å². The summed E-state index contributed by atoms with van der Waals surface area (Å²) in [6, 6.07) is 13.9. The Morgan fingerprint density at radius 3 is 2.68 bits per heavy atom. The van der Waals surface area contributed by atoms with E-state index in [4.69, 9.17) is 0 Å². The number of hydrogen-bond donors (Lipinski definition) is 2. The summed E-state index contributed by atoms with van der Waals surface area (Å²) >= 11 is 0. The van der Waals surface area contributed by atoms with Crippen LogP contribution in [0.2, 0.25) is 0 Å². The molecule has 1 fully saturated rings. The molecule has 3 aromatic rings. The van der Waals surface area contributed by atoms with E-state index in [0.717, 1.165) is 25.9 Å². The largest absolute Gasteiger partial charge is 0.356 e. The molecule has 1 amide bonds. The molecule has 2 aromatic carbocycles. The molecule has 2 heterocycles. The number of aromatic nitrogens is 2. The molecule has 0 saturated carbocycles. The summed E-state index contributed by atoms with van der Waals surface area (Å²) in [6.07, 6.45) is 1.97. The van der Waals surface area contributed by atoms with Gasteiger partial charge >= 0.3 is 0 Å². The lowest BCUT2D eigenvalue weighted by atomic mass is 9.94. The van der Waals surface area contributed by atoms with E-state index >= 15 is 0 Å². The van der Waals surface area contributed by atoms with Gasteiger partial charge < -0.3 is 10.3 Å². The molecular weight excluding hydrogens is 395 g/mol. The lowest BCUT2D eigenvalue weighted by Crippen LogP contribution is -2.42. The van der Waals surface area contributed by atoms with E-state index in [0.29, 0.717) is 35.3 Å². The lowest BCUT2D eigenvalue weighted by Gasteiger charge is -2.35. The van der Waals surface area contributed by atoms with Crippen molar-refractivity contribution in [3.63, 3.8) is 0 Å². The average Bonchev–Trinajstić information content (AvgIpc) is 2.80. The highest BCUT2D eigenvalue weighted by Crippen LogP contribution is 2.25. The molecule has 1 aromatic heterocycles. The van der Waals surface area contributed by atoms with Gasteiger partial charge in [0.05, 0.1) is 16.9 Å². The van der Waals surface area contributed by atoms with Crippen LogP contribution >= 0.6 is 0 Å². The zero-order chi connectivity index (χ0) is 21.8. The Bertz CT molecular complexity index is 1120. The Hall–Kier alpha value is -3.06. The van der Waals surface area contributed by atoms with Crippen molar-refractivity contribution >= 4 is 16.8 Å². The molecule has 1 aliphatic heterocycles. The van der Waals surface area contributed by atoms with Crippen molar-refractivity contribution in [1.82, 2.24) is 20.2 Å². The van der Waals surface area contributed by atoms with Gasteiger partial charge in [-0.25, -0.2) is 9.37 Å². The number of H-pyrrole nitrogens is 1. The fraction of sp³-hybridized carbons (Fsp3) is 0.375. The Balaban J connectivity index is 1.30. The summed E-state index contributed by atoms with van der Waals surface area (Å²) in [7, 11) is 0. The summed E-state index contributed by atoms with van der Waals surface area (Å²) < 4.78 is 13.7. The molecule has 6 nitrogen and oxygen atoms in total. The second-order valence-corrected chi connectivity index (χ2v) is 8.09. The first kappa shape index (κ1) is 21.2. The van der Waals surface area contributed by atoms with Gasteiger partial charge in [0, 0.05) is 12.5 Å². The quantitative estimate of drug-likeness (QED) is 0.640. The molecule has 1 saturated heterocycles. The summed E-state index contributed by atoms with van der Waals surface area (Å²) in [5, 5.41) is 3.53. The third-order valence-corrected chi connectivity index (χ3v) is 6.13. The van der Waals surface area contributed by atoms with Crippen LogP contribution in [0.1, 0.15) is 37.2 Å². The van der Waals surface area contributed by atoms with Crippen molar-refractivity contribution in [2.45, 2.75) is 32.2 Å². The van der Waals surface area contributed by atoms with Gasteiger partial charge in [0.25, 0.3) is 5.56 Å². The molecule has 162 valence electrons. The SMILES string of the molecule is CC(c1nc2ccccc2c(=O)[nH]1)N1CCC(C(=O)NCCc2ccccc2F)CC1. The highest BCUT2D eigenvalue weighted by molar-refractivity contribution is 5.78. The highest BCUT2D eigenvalue weighted by Gasteiger charge is 2.28. The molecule has 1 unspecified atom stereocenters. The Morgan fingerprint density at radius 1 is 1.19 bits per heavy atom. The van der Waals surface area contributed by atoms with Gasteiger partial charge in [0.1, 0.15) is 11.6 Å². The van der Waals surface area contributed by atoms with Gasteiger partial charge in [-0.3, -0.25) is 14.5 Å². The van der Waals surface area contributed by atoms with Crippen molar-refractivity contribution in [3.8, 4) is 0 Å². The van der Waals surface area contributed by atoms with E-state index in [1.165, 1.54) is 6.07 Å². The van der Waals surface area contributed by atoms with Crippen LogP contribution in [0.3, 0.4) is 0 Å². The number of carbonyl (C=O) groups is 1. The molecule has 7 heteroatoms. The minimum atomic E-state index is -0.237. The number of benzene rings is 2. The van der Waals surface area contributed by atoms with Gasteiger partial charge in [-0.1, -0.05) is 30.3 Å². The number of piperidine rings is 1. The normalized spacial score (nSPS) is 16.3. The molecule has 0 aliphatic carbocycles. The van der Waals surface area contributed by atoms with E-state index in [9.17, 15) is 14.0 Å². The van der Waals surface area contributed by atoms with Crippen LogP contribution in [0.4, 0.5) is 4.39 Å². The smallest absolute Gasteiger partial charge is 0.258 e. The highest BCUT2D eigenvalue weighted by atomic mass is 19.1. The minimum Gasteiger partial charge on any atom is -0.356 e. The zero-order valence-electron chi connectivity index (χ0n) is 17.6. The van der Waals surface area contributed by atoms with Crippen molar-refractivity contribution in [2.75, 3.05) is 19.6 Å². The molecule has 1 atom stereocenters. The predicted octanol–water partition coefficient (Wildman–Crippen LogP) is 3.19. The Kier molecular flexibility index (Phi) is 6.42. The number of rotatable bonds is 6. The Morgan fingerprint density at radius 2 is 1.90 bits per heavy atom. The van der Waals surface area contributed by atoms with Crippen LogP contribution in [0.5, 0.6) is 0 Å². The molecular formula is C24H27FN4O2. The number of amides is 1. The number of fused-ring (bicyclic) bond motifs is 1. The number of likely N-dealkylation sites (tertiary alicyclic amines) is 1. The van der Waals surface area contributed by atoms with Gasteiger partial charge in [0.15, 0.2) is 0 Å². The number of para-hydroxylation sites is 1. The molecule has 2 N–H and O–H groups in total. The summed E-state index contributed by atoms with van der Waals surface area (Å²) in [5.41, 5.74) is 1.18. The van der Waals surface area contributed by atoms with Gasteiger partial charge in [-0.05, 0) is 63.0 Å². The number of aromatic amines is 1. The minimum absolute atomic E-state index is 0.0286. The van der Waals surface area contributed by atoms with Crippen LogP contribution in [0.25, 0.3) is 10.9 Å². The maximum atomic E-state index is 13.7. The number of halogens is 1. The third kappa shape index (κ3) is 4.82. The summed E-state index contributed by atoms with van der Waals surface area (Å²) in [6.45, 7) is 3.96. The number of hydrogen-bond acceptors (Lipinski definition) is 4. The average molecular weight is 423 g/mol. The fourth-order valence-electron chi connectivity index (χ4n) is 4.19. The standard InChI is InChI=1S/C24H27FN4O2/c1-16(22-27-21-9-5-3-7-19(21)24(31)28-22)29-14-11-18(12-15-29)23(30)26-13-10-17-6-2-4-8-20(17)25/h2-9,16,18H,10-15H2,1H3,(H,26,30)(H,27,28,31). The first-order chi connectivity index (χ1) is 15.0. The van der Waals surface area contributed by atoms with Crippen LogP contribution in [0, 0.1) is 11.7 Å². The Labute approximate surface area is 180 Å². The molecule has 31 heavy (non-hydrogen) atoms. The van der Waals surface area contributed by atoms with Crippen molar-refractivity contribution in [1.29, 1.82) is 0 Å². The van der Waals surface area contributed by atoms with E-state index in [1.807, 2.05) is 25.1 Å². The molecule has 1 aliphatic rings. The van der Waals surface area contributed by atoms with E-state index < -0.39 is 0 Å². The van der Waals surface area contributed by atoms with Crippen LogP contribution in [-0.4, -0.2) is 40.4 Å². The molecule has 4 rings (SSSR count). The van der Waals surface area contributed by atoms with Crippen LogP contribution in [-0.2, 0) is 11.2 Å². The zero-order valence-corrected chi connectivity index (χ0v) is 17.6. The molecule has 0 bridgehead atoms. The lowest BCUT2D eigenvalue weighted by molar-refractivity contribution is -0.126. The van der Waals surface area contributed by atoms with Gasteiger partial charge in [-0.2, -0.15) is 0 Å². The maximum absolute atomic E-state index is 13.7. The molecule has 0 spiro atoms. The second-order valence-electron chi connectivity index (χ2n) is 8.09. The van der Waals surface area contributed by atoms with Crippen molar-refractivity contribution in [3.05, 3.63) is 76.1 Å². The van der Waals surface area contributed by atoms with Crippen LogP contribution < -0.4 is 10.9 Å². The predicted molar refractivity (Wildman–Crippen MR) is 118 cm³/mol. The molecule has 0 radical (unpaired) electrons. The first-order valence-corrected chi connectivity index (χ1v) is 10.8. The van der Waals surface area contributed by atoms with E-state index in [-0.39, 0.29) is 29.2 Å². The second kappa shape index (κ2) is 9.39. The number of nitrogens with one attached hydrogen (secondary N) is 2. The van der Waals surface area contributed by atoms with Crippen molar-refractivity contribution < 1.29 is 9.18 Å². The topological polar surface area (TPSA) is 78.1 Å². The third-order valence-electron chi connectivity index (χ3n) is 6.13. The maximum Gasteiger partial charge on any atom is 0.258 e. The fourth-order valence-corrected chi connectivity index (χ4v) is 4.19. The first-order valence-electron chi connectivity index (χ1n) is 10.8. The van der Waals surface area contributed by atoms with Gasteiger partial charge in [0.2, 0.25) is 5.91 Å². The van der Waals surface area contributed by atoms with E-state index in [1.54, 1.807) is 24.3 Å². The van der Waals surface area contributed by atoms with E-state index in [2.05, 4.69) is 20.2 Å². The number of carbonyl (C=O) groups excluding carboxylic acids is 1.